The highest BCUT2D eigenvalue weighted by molar-refractivity contribution is 5.42. The van der Waals surface area contributed by atoms with Gasteiger partial charge in [0.05, 0.1) is 5.69 Å². The molecule has 4 heteroatoms. The summed E-state index contributed by atoms with van der Waals surface area (Å²) in [6.45, 7) is 4.52. The fourth-order valence-electron chi connectivity index (χ4n) is 2.21. The molecule has 2 heterocycles. The highest BCUT2D eigenvalue weighted by Gasteiger charge is 2.18. The summed E-state index contributed by atoms with van der Waals surface area (Å²) < 4.78 is 0. The van der Waals surface area contributed by atoms with Gasteiger partial charge in [-0.1, -0.05) is 0 Å². The number of aromatic amines is 1. The van der Waals surface area contributed by atoms with E-state index < -0.39 is 0 Å². The van der Waals surface area contributed by atoms with Crippen molar-refractivity contribution in [2.45, 2.75) is 12.5 Å². The lowest BCUT2D eigenvalue weighted by Crippen LogP contribution is -2.50. The number of rotatable bonds is 4. The Morgan fingerprint density at radius 2 is 2.44 bits per heavy atom. The van der Waals surface area contributed by atoms with Gasteiger partial charge in [0.2, 0.25) is 0 Å². The molecule has 0 aromatic carbocycles. The Morgan fingerprint density at radius 3 is 3.12 bits per heavy atom. The quantitative estimate of drug-likeness (QED) is 0.789. The molecule has 2 N–H and O–H groups in total. The van der Waals surface area contributed by atoms with Gasteiger partial charge in [-0.2, -0.15) is 0 Å². The molecule has 1 atom stereocenters. The third kappa shape index (κ3) is 2.77. The molecule has 1 aromatic rings. The molecule has 0 saturated carbocycles. The molecule has 1 aliphatic rings. The molecule has 0 amide bonds. The van der Waals surface area contributed by atoms with Crippen molar-refractivity contribution < 1.29 is 0 Å². The molecule has 0 bridgehead atoms. The van der Waals surface area contributed by atoms with Crippen molar-refractivity contribution in [3.63, 3.8) is 0 Å². The molecular weight excluding hydrogens is 200 g/mol. The van der Waals surface area contributed by atoms with Crippen molar-refractivity contribution in [1.82, 2.24) is 15.2 Å². The van der Waals surface area contributed by atoms with E-state index in [0.29, 0.717) is 6.04 Å². The number of nitrogens with one attached hydrogen (secondary N) is 2. The molecule has 1 aliphatic heterocycles. The van der Waals surface area contributed by atoms with E-state index in [1.807, 2.05) is 12.4 Å². The molecular formula is C12H22N4. The lowest BCUT2D eigenvalue weighted by molar-refractivity contribution is 0.192. The Hall–Kier alpha value is -1.00. The van der Waals surface area contributed by atoms with E-state index in [1.165, 1.54) is 18.7 Å². The van der Waals surface area contributed by atoms with Gasteiger partial charge in [-0.15, -0.1) is 0 Å². The standard InChI is InChI=1S/C12H22N4/c1-15(11-3-5-13-9-11)7-4-12-10-14-6-8-16(12)2/h3,5,9,12-14H,4,6-8,10H2,1-2H3. The second-order valence-electron chi connectivity index (χ2n) is 4.62. The maximum absolute atomic E-state index is 3.46. The zero-order valence-corrected chi connectivity index (χ0v) is 10.2. The number of nitrogens with zero attached hydrogens (tertiary/aromatic N) is 2. The molecule has 1 saturated heterocycles. The second kappa shape index (κ2) is 5.37. The SMILES string of the molecule is CN(CCC1CNCCN1C)c1cc[nH]c1. The highest BCUT2D eigenvalue weighted by atomic mass is 15.2. The fourth-order valence-corrected chi connectivity index (χ4v) is 2.21. The number of anilines is 1. The van der Waals surface area contributed by atoms with Crippen LogP contribution in [0.2, 0.25) is 0 Å². The molecule has 0 radical (unpaired) electrons. The largest absolute Gasteiger partial charge is 0.373 e. The van der Waals surface area contributed by atoms with Crippen LogP contribution in [-0.4, -0.2) is 56.2 Å². The van der Waals surface area contributed by atoms with Gasteiger partial charge < -0.3 is 20.1 Å². The normalized spacial score (nSPS) is 22.2. The van der Waals surface area contributed by atoms with Gasteiger partial charge in [0.15, 0.2) is 0 Å². The van der Waals surface area contributed by atoms with Gasteiger partial charge >= 0.3 is 0 Å². The van der Waals surface area contributed by atoms with Crippen LogP contribution in [0.1, 0.15) is 6.42 Å². The minimum absolute atomic E-state index is 0.676. The van der Waals surface area contributed by atoms with Crippen molar-refractivity contribution in [3.05, 3.63) is 18.5 Å². The summed E-state index contributed by atoms with van der Waals surface area (Å²) in [5.74, 6) is 0. The van der Waals surface area contributed by atoms with Gasteiger partial charge in [-0.25, -0.2) is 0 Å². The molecule has 90 valence electrons. The maximum Gasteiger partial charge on any atom is 0.0541 e. The molecule has 1 fully saturated rings. The van der Waals surface area contributed by atoms with Gasteiger partial charge in [-0.05, 0) is 19.5 Å². The fraction of sp³-hybridized carbons (Fsp3) is 0.667. The zero-order chi connectivity index (χ0) is 11.4. The Labute approximate surface area is 97.6 Å². The lowest BCUT2D eigenvalue weighted by Gasteiger charge is -2.34. The van der Waals surface area contributed by atoms with Crippen LogP contribution < -0.4 is 10.2 Å². The smallest absolute Gasteiger partial charge is 0.0541 e. The first-order valence-corrected chi connectivity index (χ1v) is 6.02. The van der Waals surface area contributed by atoms with Crippen LogP contribution in [0.3, 0.4) is 0 Å². The first-order chi connectivity index (χ1) is 7.77. The monoisotopic (exact) mass is 222 g/mol. The Balaban J connectivity index is 1.78. The van der Waals surface area contributed by atoms with Gasteiger partial charge in [0.25, 0.3) is 0 Å². The molecule has 2 rings (SSSR count). The summed E-state index contributed by atoms with van der Waals surface area (Å²) in [4.78, 5) is 7.86. The third-order valence-electron chi connectivity index (χ3n) is 3.46. The van der Waals surface area contributed by atoms with Crippen molar-refractivity contribution in [2.24, 2.45) is 0 Å². The lowest BCUT2D eigenvalue weighted by atomic mass is 10.1. The van der Waals surface area contributed by atoms with Crippen LogP contribution in [-0.2, 0) is 0 Å². The number of hydrogen-bond acceptors (Lipinski definition) is 3. The van der Waals surface area contributed by atoms with Crippen molar-refractivity contribution in [2.75, 3.05) is 45.2 Å². The summed E-state index contributed by atoms with van der Waals surface area (Å²) in [7, 11) is 4.38. The van der Waals surface area contributed by atoms with Gasteiger partial charge in [-0.3, -0.25) is 0 Å². The first kappa shape index (κ1) is 11.5. The molecule has 4 nitrogen and oxygen atoms in total. The van der Waals surface area contributed by atoms with Crippen molar-refractivity contribution in [3.8, 4) is 0 Å². The Kier molecular flexibility index (Phi) is 3.85. The summed E-state index contributed by atoms with van der Waals surface area (Å²) in [5, 5.41) is 3.46. The Bertz CT molecular complexity index is 296. The van der Waals surface area contributed by atoms with Crippen molar-refractivity contribution in [1.29, 1.82) is 0 Å². The summed E-state index contributed by atoms with van der Waals surface area (Å²) in [6.07, 6.45) is 5.23. The van der Waals surface area contributed by atoms with Crippen molar-refractivity contribution >= 4 is 5.69 Å². The van der Waals surface area contributed by atoms with E-state index >= 15 is 0 Å². The summed E-state index contributed by atoms with van der Waals surface area (Å²) >= 11 is 0. The third-order valence-corrected chi connectivity index (χ3v) is 3.46. The maximum atomic E-state index is 3.46. The van der Waals surface area contributed by atoms with Crippen LogP contribution in [0.15, 0.2) is 18.5 Å². The summed E-state index contributed by atoms with van der Waals surface area (Å²) in [5.41, 5.74) is 1.27. The van der Waals surface area contributed by atoms with Crippen LogP contribution in [0.5, 0.6) is 0 Å². The predicted octanol–water partition coefficient (Wildman–Crippen LogP) is 0.745. The molecule has 1 aromatic heterocycles. The minimum atomic E-state index is 0.676. The molecule has 0 aliphatic carbocycles. The van der Waals surface area contributed by atoms with E-state index in [-0.39, 0.29) is 0 Å². The van der Waals surface area contributed by atoms with E-state index in [0.717, 1.165) is 19.6 Å². The summed E-state index contributed by atoms with van der Waals surface area (Å²) in [6, 6.07) is 2.79. The van der Waals surface area contributed by atoms with Crippen LogP contribution in [0.4, 0.5) is 5.69 Å². The van der Waals surface area contributed by atoms with E-state index in [1.54, 1.807) is 0 Å². The number of hydrogen-bond donors (Lipinski definition) is 2. The van der Waals surface area contributed by atoms with Gasteiger partial charge in [0, 0.05) is 51.7 Å². The second-order valence-corrected chi connectivity index (χ2v) is 4.62. The van der Waals surface area contributed by atoms with Crippen LogP contribution >= 0.6 is 0 Å². The average Bonchev–Trinajstić information content (AvgIpc) is 2.81. The minimum Gasteiger partial charge on any atom is -0.373 e. The number of likely N-dealkylation sites (N-methyl/N-ethyl adjacent to an activating group) is 1. The number of aromatic nitrogens is 1. The van der Waals surface area contributed by atoms with Crippen LogP contribution in [0.25, 0.3) is 0 Å². The van der Waals surface area contributed by atoms with E-state index in [2.05, 4.69) is 40.3 Å². The molecule has 0 spiro atoms. The predicted molar refractivity (Wildman–Crippen MR) is 68.0 cm³/mol. The number of H-pyrrole nitrogens is 1. The zero-order valence-electron chi connectivity index (χ0n) is 10.2. The average molecular weight is 222 g/mol. The Morgan fingerprint density at radius 1 is 1.56 bits per heavy atom. The molecule has 1 unspecified atom stereocenters. The number of piperazine rings is 1. The van der Waals surface area contributed by atoms with E-state index in [9.17, 15) is 0 Å². The van der Waals surface area contributed by atoms with Gasteiger partial charge in [0.1, 0.15) is 0 Å². The highest BCUT2D eigenvalue weighted by Crippen LogP contribution is 2.12. The van der Waals surface area contributed by atoms with E-state index in [4.69, 9.17) is 0 Å². The molecule has 16 heavy (non-hydrogen) atoms. The first-order valence-electron chi connectivity index (χ1n) is 6.02. The topological polar surface area (TPSA) is 34.3 Å². The van der Waals surface area contributed by atoms with Crippen LogP contribution in [0, 0.1) is 0 Å².